The van der Waals surface area contributed by atoms with Gasteiger partial charge in [-0.2, -0.15) is 0 Å². The highest BCUT2D eigenvalue weighted by Crippen LogP contribution is 2.30. The molecule has 1 aromatic rings. The molecule has 1 amide bonds. The lowest BCUT2D eigenvalue weighted by molar-refractivity contribution is 0.0679. The van der Waals surface area contributed by atoms with Gasteiger partial charge in [0.2, 0.25) is 0 Å². The van der Waals surface area contributed by atoms with Gasteiger partial charge in [-0.05, 0) is 41.7 Å². The first kappa shape index (κ1) is 11.3. The Bertz CT molecular complexity index is 418. The molecule has 0 spiro atoms. The zero-order valence-corrected chi connectivity index (χ0v) is 11.1. The molecule has 17 heavy (non-hydrogen) atoms. The van der Waals surface area contributed by atoms with Gasteiger partial charge in [0.25, 0.3) is 5.91 Å². The van der Waals surface area contributed by atoms with Crippen LogP contribution in [-0.4, -0.2) is 36.0 Å². The SMILES string of the molecule is O=C(c1coc(Br)c1)N1C2CCNCC1CC2. The Morgan fingerprint density at radius 1 is 1.41 bits per heavy atom. The summed E-state index contributed by atoms with van der Waals surface area (Å²) in [4.78, 5) is 14.5. The first-order chi connectivity index (χ1) is 8.25. The Morgan fingerprint density at radius 2 is 2.24 bits per heavy atom. The maximum absolute atomic E-state index is 12.4. The number of carbonyl (C=O) groups excluding carboxylic acids is 1. The molecule has 4 nitrogen and oxygen atoms in total. The van der Waals surface area contributed by atoms with Gasteiger partial charge in [0.15, 0.2) is 4.67 Å². The highest BCUT2D eigenvalue weighted by Gasteiger charge is 2.38. The van der Waals surface area contributed by atoms with Crippen LogP contribution in [0.2, 0.25) is 0 Å². The van der Waals surface area contributed by atoms with Gasteiger partial charge in [-0.25, -0.2) is 0 Å². The summed E-state index contributed by atoms with van der Waals surface area (Å²) in [6.45, 7) is 1.93. The summed E-state index contributed by atoms with van der Waals surface area (Å²) in [5.41, 5.74) is 0.649. The van der Waals surface area contributed by atoms with Gasteiger partial charge >= 0.3 is 0 Å². The van der Waals surface area contributed by atoms with Crippen molar-refractivity contribution in [1.29, 1.82) is 0 Å². The minimum atomic E-state index is 0.107. The molecule has 5 heteroatoms. The molecule has 92 valence electrons. The van der Waals surface area contributed by atoms with Crippen molar-refractivity contribution in [3.63, 3.8) is 0 Å². The Hall–Kier alpha value is -0.810. The predicted molar refractivity (Wildman–Crippen MR) is 66.9 cm³/mol. The van der Waals surface area contributed by atoms with E-state index < -0.39 is 0 Å². The summed E-state index contributed by atoms with van der Waals surface area (Å²) in [7, 11) is 0. The highest BCUT2D eigenvalue weighted by atomic mass is 79.9. The summed E-state index contributed by atoms with van der Waals surface area (Å²) in [6.07, 6.45) is 4.84. The van der Waals surface area contributed by atoms with Gasteiger partial charge in [0, 0.05) is 24.7 Å². The first-order valence-electron chi connectivity index (χ1n) is 6.03. The van der Waals surface area contributed by atoms with Crippen molar-refractivity contribution in [1.82, 2.24) is 10.2 Å². The van der Waals surface area contributed by atoms with Gasteiger partial charge in [-0.1, -0.05) is 0 Å². The topological polar surface area (TPSA) is 45.5 Å². The molecule has 1 N–H and O–H groups in total. The first-order valence-corrected chi connectivity index (χ1v) is 6.82. The summed E-state index contributed by atoms with van der Waals surface area (Å²) in [6, 6.07) is 2.50. The molecule has 1 aromatic heterocycles. The lowest BCUT2D eigenvalue weighted by Crippen LogP contribution is -2.42. The van der Waals surface area contributed by atoms with Crippen LogP contribution < -0.4 is 5.32 Å². The molecule has 3 rings (SSSR count). The predicted octanol–water partition coefficient (Wildman–Crippen LogP) is 2.01. The fourth-order valence-electron chi connectivity index (χ4n) is 2.89. The Labute approximate surface area is 108 Å². The maximum Gasteiger partial charge on any atom is 0.257 e. The molecule has 2 aliphatic heterocycles. The van der Waals surface area contributed by atoms with Crippen molar-refractivity contribution < 1.29 is 9.21 Å². The number of nitrogens with one attached hydrogen (secondary N) is 1. The van der Waals surface area contributed by atoms with E-state index >= 15 is 0 Å². The van der Waals surface area contributed by atoms with E-state index in [4.69, 9.17) is 4.42 Å². The van der Waals surface area contributed by atoms with E-state index in [0.29, 0.717) is 22.3 Å². The van der Waals surface area contributed by atoms with Crippen molar-refractivity contribution in [2.24, 2.45) is 0 Å². The number of nitrogens with zero attached hydrogens (tertiary/aromatic N) is 1. The van der Waals surface area contributed by atoms with Crippen LogP contribution in [0.25, 0.3) is 0 Å². The number of furan rings is 1. The van der Waals surface area contributed by atoms with E-state index in [1.54, 1.807) is 6.07 Å². The normalized spacial score (nSPS) is 28.2. The van der Waals surface area contributed by atoms with E-state index in [1.807, 2.05) is 0 Å². The molecule has 3 heterocycles. The number of rotatable bonds is 1. The quantitative estimate of drug-likeness (QED) is 0.863. The van der Waals surface area contributed by atoms with E-state index in [0.717, 1.165) is 32.4 Å². The molecule has 2 fully saturated rings. The van der Waals surface area contributed by atoms with Crippen LogP contribution in [0.5, 0.6) is 0 Å². The second-order valence-electron chi connectivity index (χ2n) is 4.73. The summed E-state index contributed by atoms with van der Waals surface area (Å²) in [5, 5.41) is 3.39. The van der Waals surface area contributed by atoms with Crippen LogP contribution in [0.15, 0.2) is 21.4 Å². The third-order valence-electron chi connectivity index (χ3n) is 3.70. The second kappa shape index (κ2) is 4.46. The smallest absolute Gasteiger partial charge is 0.257 e. The van der Waals surface area contributed by atoms with E-state index in [2.05, 4.69) is 26.1 Å². The van der Waals surface area contributed by atoms with E-state index in [1.165, 1.54) is 6.26 Å². The number of fused-ring (bicyclic) bond motifs is 2. The minimum Gasteiger partial charge on any atom is -0.457 e. The Morgan fingerprint density at radius 3 is 3.00 bits per heavy atom. The standard InChI is InChI=1S/C12H15BrN2O2/c13-11-5-8(7-17-11)12(16)15-9-1-2-10(15)6-14-4-3-9/h5,7,9-10,14H,1-4,6H2. The molecule has 0 aromatic carbocycles. The third-order valence-corrected chi connectivity index (χ3v) is 4.12. The van der Waals surface area contributed by atoms with Crippen molar-refractivity contribution in [2.75, 3.05) is 13.1 Å². The van der Waals surface area contributed by atoms with Crippen LogP contribution in [0.4, 0.5) is 0 Å². The number of carbonyl (C=O) groups is 1. The van der Waals surface area contributed by atoms with Crippen LogP contribution in [0.3, 0.4) is 0 Å². The highest BCUT2D eigenvalue weighted by molar-refractivity contribution is 9.10. The fourth-order valence-corrected chi connectivity index (χ4v) is 3.23. The molecular formula is C12H15BrN2O2. The van der Waals surface area contributed by atoms with Crippen molar-refractivity contribution >= 4 is 21.8 Å². The second-order valence-corrected chi connectivity index (χ2v) is 5.51. The monoisotopic (exact) mass is 298 g/mol. The molecule has 0 aliphatic carbocycles. The van der Waals surface area contributed by atoms with Crippen LogP contribution in [0, 0.1) is 0 Å². The Balaban J connectivity index is 1.85. The molecule has 2 unspecified atom stereocenters. The molecule has 2 aliphatic rings. The average molecular weight is 299 g/mol. The summed E-state index contributed by atoms with van der Waals surface area (Å²) >= 11 is 3.24. The third kappa shape index (κ3) is 2.02. The van der Waals surface area contributed by atoms with E-state index in [-0.39, 0.29) is 5.91 Å². The molecule has 2 saturated heterocycles. The van der Waals surface area contributed by atoms with Gasteiger partial charge in [0.05, 0.1) is 5.56 Å². The molecule has 2 bridgehead atoms. The van der Waals surface area contributed by atoms with E-state index in [9.17, 15) is 4.79 Å². The lowest BCUT2D eigenvalue weighted by Gasteiger charge is -2.27. The van der Waals surface area contributed by atoms with Gasteiger partial charge in [-0.3, -0.25) is 4.79 Å². The van der Waals surface area contributed by atoms with Crippen LogP contribution >= 0.6 is 15.9 Å². The number of hydrogen-bond donors (Lipinski definition) is 1. The average Bonchev–Trinajstić information content (AvgIpc) is 2.81. The molecule has 0 radical (unpaired) electrons. The number of hydrogen-bond acceptors (Lipinski definition) is 3. The van der Waals surface area contributed by atoms with Crippen molar-refractivity contribution in [3.8, 4) is 0 Å². The maximum atomic E-state index is 12.4. The summed E-state index contributed by atoms with van der Waals surface area (Å²) < 4.78 is 5.76. The van der Waals surface area contributed by atoms with Crippen LogP contribution in [-0.2, 0) is 0 Å². The van der Waals surface area contributed by atoms with Gasteiger partial charge in [0.1, 0.15) is 6.26 Å². The summed E-state index contributed by atoms with van der Waals surface area (Å²) in [5.74, 6) is 0.107. The molecule has 0 saturated carbocycles. The van der Waals surface area contributed by atoms with Gasteiger partial charge in [-0.15, -0.1) is 0 Å². The fraction of sp³-hybridized carbons (Fsp3) is 0.583. The van der Waals surface area contributed by atoms with Crippen molar-refractivity contribution in [3.05, 3.63) is 22.6 Å². The Kier molecular flexibility index (Phi) is 2.96. The zero-order chi connectivity index (χ0) is 11.8. The zero-order valence-electron chi connectivity index (χ0n) is 9.49. The number of halogens is 1. The van der Waals surface area contributed by atoms with Gasteiger partial charge < -0.3 is 14.6 Å². The minimum absolute atomic E-state index is 0.107. The number of amides is 1. The largest absolute Gasteiger partial charge is 0.457 e. The lowest BCUT2D eigenvalue weighted by atomic mass is 10.1. The van der Waals surface area contributed by atoms with Crippen molar-refractivity contribution in [2.45, 2.75) is 31.3 Å². The molecular weight excluding hydrogens is 284 g/mol. The van der Waals surface area contributed by atoms with Crippen LogP contribution in [0.1, 0.15) is 29.6 Å². The molecule has 2 atom stereocenters.